The summed E-state index contributed by atoms with van der Waals surface area (Å²) in [4.78, 5) is 40.5. The van der Waals surface area contributed by atoms with Gasteiger partial charge in [0.15, 0.2) is 5.75 Å². The summed E-state index contributed by atoms with van der Waals surface area (Å²) in [5.41, 5.74) is 4.86. The highest BCUT2D eigenvalue weighted by Gasteiger charge is 2.18. The highest BCUT2D eigenvalue weighted by molar-refractivity contribution is 9.11. The van der Waals surface area contributed by atoms with Gasteiger partial charge in [0.05, 0.1) is 17.0 Å². The second kappa shape index (κ2) is 13.7. The maximum Gasteiger partial charge on any atom is 0.379 e. The van der Waals surface area contributed by atoms with Crippen LogP contribution < -0.4 is 20.4 Å². The first-order valence-corrected chi connectivity index (χ1v) is 13.7. The number of amides is 2. The molecule has 2 amide bonds. The van der Waals surface area contributed by atoms with Crippen LogP contribution >= 0.6 is 31.9 Å². The van der Waals surface area contributed by atoms with Crippen LogP contribution in [0.5, 0.6) is 5.75 Å². The number of rotatable bonds is 9. The lowest BCUT2D eigenvalue weighted by atomic mass is 10.1. The maximum absolute atomic E-state index is 13.2. The Kier molecular flexibility index (Phi) is 9.88. The van der Waals surface area contributed by atoms with E-state index in [1.807, 2.05) is 43.3 Å². The SMILES string of the molecule is CN(C)c1ccc(/C=C(/NC(=O)c2ccccc2)C(=O)N/N=C\c2cc(Br)cc(Br)c2OC(=O)c2ccco2)cc1. The van der Waals surface area contributed by atoms with E-state index in [0.29, 0.717) is 25.6 Å². The number of nitrogens with zero attached hydrogens (tertiary/aromatic N) is 2. The molecular weight excluding hydrogens is 656 g/mol. The number of nitrogens with one attached hydrogen (secondary N) is 2. The summed E-state index contributed by atoms with van der Waals surface area (Å²) in [6.45, 7) is 0. The zero-order chi connectivity index (χ0) is 29.4. The minimum absolute atomic E-state index is 0.0199. The molecule has 41 heavy (non-hydrogen) atoms. The van der Waals surface area contributed by atoms with Gasteiger partial charge in [-0.05, 0) is 76.1 Å². The van der Waals surface area contributed by atoms with Crippen LogP contribution in [-0.4, -0.2) is 38.1 Å². The van der Waals surface area contributed by atoms with Gasteiger partial charge in [0.1, 0.15) is 5.70 Å². The van der Waals surface area contributed by atoms with E-state index in [1.165, 1.54) is 18.5 Å². The van der Waals surface area contributed by atoms with Crippen LogP contribution in [0.25, 0.3) is 6.08 Å². The second-order valence-electron chi connectivity index (χ2n) is 8.74. The third-order valence-corrected chi connectivity index (χ3v) is 6.62. The van der Waals surface area contributed by atoms with Gasteiger partial charge in [-0.2, -0.15) is 5.10 Å². The minimum atomic E-state index is -0.703. The fourth-order valence-electron chi connectivity index (χ4n) is 3.52. The van der Waals surface area contributed by atoms with E-state index in [0.717, 1.165) is 5.69 Å². The van der Waals surface area contributed by atoms with Gasteiger partial charge in [0.2, 0.25) is 5.76 Å². The van der Waals surface area contributed by atoms with Gasteiger partial charge in [-0.15, -0.1) is 0 Å². The summed E-state index contributed by atoms with van der Waals surface area (Å²) < 4.78 is 11.8. The average Bonchev–Trinajstić information content (AvgIpc) is 3.50. The van der Waals surface area contributed by atoms with Crippen LogP contribution in [0, 0.1) is 0 Å². The summed E-state index contributed by atoms with van der Waals surface area (Å²) in [5.74, 6) is -1.62. The maximum atomic E-state index is 13.2. The molecule has 1 heterocycles. The molecule has 0 aliphatic heterocycles. The van der Waals surface area contributed by atoms with E-state index in [2.05, 4.69) is 47.7 Å². The van der Waals surface area contributed by atoms with Gasteiger partial charge in [-0.3, -0.25) is 9.59 Å². The molecule has 0 atom stereocenters. The molecule has 0 saturated heterocycles. The summed E-state index contributed by atoms with van der Waals surface area (Å²) >= 11 is 6.79. The van der Waals surface area contributed by atoms with E-state index in [1.54, 1.807) is 54.6 Å². The molecule has 208 valence electrons. The molecule has 4 rings (SSSR count). The van der Waals surface area contributed by atoms with Gasteiger partial charge in [0, 0.05) is 35.4 Å². The smallest absolute Gasteiger partial charge is 0.379 e. The minimum Gasteiger partial charge on any atom is -0.457 e. The molecule has 0 aliphatic rings. The lowest BCUT2D eigenvalue weighted by Crippen LogP contribution is -2.32. The second-order valence-corrected chi connectivity index (χ2v) is 10.5. The van der Waals surface area contributed by atoms with E-state index < -0.39 is 17.8 Å². The molecule has 11 heteroatoms. The Morgan fingerprint density at radius 1 is 0.951 bits per heavy atom. The van der Waals surface area contributed by atoms with Crippen molar-refractivity contribution in [2.45, 2.75) is 0 Å². The Labute approximate surface area is 253 Å². The standard InChI is InChI=1S/C30H24Br2N4O5/c1-36(2)23-12-10-19(11-13-23)15-25(34-28(37)20-7-4-3-5-8-20)29(38)35-33-18-21-16-22(31)17-24(32)27(21)41-30(39)26-9-6-14-40-26/h3-18H,1-2H3,(H,34,37)(H,35,38)/b25-15+,33-18-. The van der Waals surface area contributed by atoms with Gasteiger partial charge in [-0.1, -0.05) is 46.3 Å². The predicted octanol–water partition coefficient (Wildman–Crippen LogP) is 6.01. The van der Waals surface area contributed by atoms with Gasteiger partial charge >= 0.3 is 5.97 Å². The molecule has 0 aliphatic carbocycles. The molecule has 0 unspecified atom stereocenters. The van der Waals surface area contributed by atoms with E-state index in [4.69, 9.17) is 9.15 Å². The Morgan fingerprint density at radius 2 is 1.68 bits per heavy atom. The zero-order valence-corrected chi connectivity index (χ0v) is 25.1. The Balaban J connectivity index is 1.57. The molecule has 0 bridgehead atoms. The number of carbonyl (C=O) groups is 3. The van der Waals surface area contributed by atoms with Crippen molar-refractivity contribution < 1.29 is 23.5 Å². The topological polar surface area (TPSA) is 113 Å². The van der Waals surface area contributed by atoms with Crippen molar-refractivity contribution >= 4 is 67.6 Å². The third kappa shape index (κ3) is 8.03. The molecule has 0 radical (unpaired) electrons. The highest BCUT2D eigenvalue weighted by atomic mass is 79.9. The largest absolute Gasteiger partial charge is 0.457 e. The normalized spacial score (nSPS) is 11.3. The van der Waals surface area contributed by atoms with Gasteiger partial charge in [0.25, 0.3) is 11.8 Å². The number of benzene rings is 3. The molecule has 0 fully saturated rings. The fraction of sp³-hybridized carbons (Fsp3) is 0.0667. The lowest BCUT2D eigenvalue weighted by Gasteiger charge is -2.13. The van der Waals surface area contributed by atoms with E-state index in [-0.39, 0.29) is 17.2 Å². The lowest BCUT2D eigenvalue weighted by molar-refractivity contribution is -0.117. The quantitative estimate of drug-likeness (QED) is 0.0737. The van der Waals surface area contributed by atoms with Crippen molar-refractivity contribution in [2.24, 2.45) is 5.10 Å². The number of anilines is 1. The molecule has 4 aromatic rings. The Hall–Kier alpha value is -4.48. The number of carbonyl (C=O) groups excluding carboxylic acids is 3. The average molecular weight is 680 g/mol. The van der Waals surface area contributed by atoms with Crippen molar-refractivity contribution in [3.8, 4) is 5.75 Å². The molecule has 1 aromatic heterocycles. The third-order valence-electron chi connectivity index (χ3n) is 5.57. The number of hydrazone groups is 1. The number of furan rings is 1. The first-order valence-electron chi connectivity index (χ1n) is 12.1. The van der Waals surface area contributed by atoms with E-state index in [9.17, 15) is 14.4 Å². The van der Waals surface area contributed by atoms with Crippen LogP contribution in [0.2, 0.25) is 0 Å². The van der Waals surface area contributed by atoms with Crippen LogP contribution in [0.4, 0.5) is 5.69 Å². The molecule has 2 N–H and O–H groups in total. The van der Waals surface area contributed by atoms with Crippen molar-refractivity contribution in [1.29, 1.82) is 0 Å². The summed E-state index contributed by atoms with van der Waals surface area (Å²) in [7, 11) is 3.85. The molecule has 3 aromatic carbocycles. The van der Waals surface area contributed by atoms with Crippen molar-refractivity contribution in [3.05, 3.63) is 122 Å². The monoisotopic (exact) mass is 678 g/mol. The number of hydrogen-bond donors (Lipinski definition) is 2. The summed E-state index contributed by atoms with van der Waals surface area (Å²) in [6, 6.07) is 22.4. The van der Waals surface area contributed by atoms with E-state index >= 15 is 0 Å². The molecule has 9 nitrogen and oxygen atoms in total. The van der Waals surface area contributed by atoms with Crippen molar-refractivity contribution in [2.75, 3.05) is 19.0 Å². The summed E-state index contributed by atoms with van der Waals surface area (Å²) in [5, 5.41) is 6.72. The van der Waals surface area contributed by atoms with Crippen LogP contribution in [-0.2, 0) is 4.79 Å². The molecule has 0 saturated carbocycles. The number of ether oxygens (including phenoxy) is 1. The number of hydrogen-bond acceptors (Lipinski definition) is 7. The zero-order valence-electron chi connectivity index (χ0n) is 21.9. The summed E-state index contributed by atoms with van der Waals surface area (Å²) in [6.07, 6.45) is 4.24. The molecular formula is C30H24Br2N4O5. The number of esters is 1. The van der Waals surface area contributed by atoms with Crippen LogP contribution in [0.15, 0.2) is 109 Å². The Bertz CT molecular complexity index is 1600. The van der Waals surface area contributed by atoms with Crippen molar-refractivity contribution in [1.82, 2.24) is 10.7 Å². The predicted molar refractivity (Wildman–Crippen MR) is 164 cm³/mol. The van der Waals surface area contributed by atoms with Crippen LogP contribution in [0.1, 0.15) is 32.0 Å². The van der Waals surface area contributed by atoms with Gasteiger partial charge < -0.3 is 19.4 Å². The first-order chi connectivity index (χ1) is 19.7. The first kappa shape index (κ1) is 29.5. The fourth-order valence-corrected chi connectivity index (χ4v) is 4.86. The highest BCUT2D eigenvalue weighted by Crippen LogP contribution is 2.32. The van der Waals surface area contributed by atoms with Crippen molar-refractivity contribution in [3.63, 3.8) is 0 Å². The van der Waals surface area contributed by atoms with Crippen LogP contribution in [0.3, 0.4) is 0 Å². The molecule has 0 spiro atoms. The van der Waals surface area contributed by atoms with Gasteiger partial charge in [-0.25, -0.2) is 10.2 Å². The Morgan fingerprint density at radius 3 is 2.34 bits per heavy atom. The number of halogens is 2.